The first kappa shape index (κ1) is 11.6. The normalized spacial score (nSPS) is 25.6. The van der Waals surface area contributed by atoms with E-state index in [2.05, 4.69) is 5.32 Å². The monoisotopic (exact) mass is 221 g/mol. The van der Waals surface area contributed by atoms with Gasteiger partial charge in [0.15, 0.2) is 0 Å². The fourth-order valence-corrected chi connectivity index (χ4v) is 2.80. The summed E-state index contributed by atoms with van der Waals surface area (Å²) in [4.78, 5) is 0. The number of nitrogens with one attached hydrogen (secondary N) is 1. The predicted molar refractivity (Wildman–Crippen MR) is 65.0 cm³/mol. The molecular weight excluding hydrogens is 201 g/mol. The summed E-state index contributed by atoms with van der Waals surface area (Å²) in [6, 6.07) is 7.05. The fourth-order valence-electron chi connectivity index (χ4n) is 2.80. The summed E-state index contributed by atoms with van der Waals surface area (Å²) < 4.78 is 12.8. The summed E-state index contributed by atoms with van der Waals surface area (Å²) in [7, 11) is 2.02. The van der Waals surface area contributed by atoms with Gasteiger partial charge in [-0.1, -0.05) is 18.6 Å². The summed E-state index contributed by atoms with van der Waals surface area (Å²) in [6.45, 7) is 1.11. The Hall–Kier alpha value is -0.890. The average molecular weight is 221 g/mol. The van der Waals surface area contributed by atoms with Crippen LogP contribution in [0.25, 0.3) is 0 Å². The van der Waals surface area contributed by atoms with Crippen molar-refractivity contribution in [2.45, 2.75) is 31.6 Å². The Morgan fingerprint density at radius 3 is 2.69 bits per heavy atom. The van der Waals surface area contributed by atoms with Crippen LogP contribution in [0.5, 0.6) is 0 Å². The highest BCUT2D eigenvalue weighted by Crippen LogP contribution is 2.35. The van der Waals surface area contributed by atoms with E-state index in [4.69, 9.17) is 0 Å². The van der Waals surface area contributed by atoms with Crippen LogP contribution in [0.1, 0.15) is 37.2 Å². The fraction of sp³-hybridized carbons (Fsp3) is 0.571. The van der Waals surface area contributed by atoms with E-state index in [-0.39, 0.29) is 5.82 Å². The molecule has 0 spiro atoms. The van der Waals surface area contributed by atoms with Gasteiger partial charge < -0.3 is 5.32 Å². The smallest absolute Gasteiger partial charge is 0.123 e. The predicted octanol–water partition coefficient (Wildman–Crippen LogP) is 3.32. The van der Waals surface area contributed by atoms with Gasteiger partial charge in [0, 0.05) is 0 Å². The Balaban J connectivity index is 2.01. The second kappa shape index (κ2) is 5.44. The zero-order chi connectivity index (χ0) is 11.4. The van der Waals surface area contributed by atoms with Crippen molar-refractivity contribution in [3.63, 3.8) is 0 Å². The molecule has 0 aromatic heterocycles. The van der Waals surface area contributed by atoms with Crippen LogP contribution in [-0.4, -0.2) is 13.6 Å². The van der Waals surface area contributed by atoms with Gasteiger partial charge in [0.05, 0.1) is 0 Å². The average Bonchev–Trinajstić information content (AvgIpc) is 2.31. The number of hydrogen-bond acceptors (Lipinski definition) is 1. The van der Waals surface area contributed by atoms with E-state index < -0.39 is 0 Å². The van der Waals surface area contributed by atoms with Crippen LogP contribution in [-0.2, 0) is 0 Å². The third kappa shape index (κ3) is 2.82. The molecule has 2 heteroatoms. The molecule has 1 aliphatic carbocycles. The lowest BCUT2D eigenvalue weighted by Gasteiger charge is -2.29. The summed E-state index contributed by atoms with van der Waals surface area (Å²) in [5.41, 5.74) is 1.31. The van der Waals surface area contributed by atoms with Crippen LogP contribution in [0.4, 0.5) is 4.39 Å². The summed E-state index contributed by atoms with van der Waals surface area (Å²) in [5.74, 6) is 1.29. The van der Waals surface area contributed by atoms with E-state index in [1.165, 1.54) is 31.2 Å². The highest BCUT2D eigenvalue weighted by atomic mass is 19.1. The van der Waals surface area contributed by atoms with Crippen molar-refractivity contribution < 1.29 is 4.39 Å². The van der Waals surface area contributed by atoms with Crippen LogP contribution < -0.4 is 5.32 Å². The highest BCUT2D eigenvalue weighted by molar-refractivity contribution is 5.21. The van der Waals surface area contributed by atoms with E-state index in [0.717, 1.165) is 12.5 Å². The van der Waals surface area contributed by atoms with Gasteiger partial charge in [-0.05, 0) is 62.4 Å². The van der Waals surface area contributed by atoms with Gasteiger partial charge in [0.25, 0.3) is 0 Å². The Morgan fingerprint density at radius 1 is 1.25 bits per heavy atom. The molecule has 2 rings (SSSR count). The second-order valence-corrected chi connectivity index (χ2v) is 4.84. The second-order valence-electron chi connectivity index (χ2n) is 4.84. The first-order valence-electron chi connectivity index (χ1n) is 6.19. The lowest BCUT2D eigenvalue weighted by atomic mass is 9.78. The topological polar surface area (TPSA) is 12.0 Å². The zero-order valence-corrected chi connectivity index (χ0v) is 9.88. The number of halogens is 1. The summed E-state index contributed by atoms with van der Waals surface area (Å²) in [5, 5.41) is 3.26. The number of benzene rings is 1. The van der Waals surface area contributed by atoms with Crippen LogP contribution in [0, 0.1) is 11.7 Å². The molecule has 16 heavy (non-hydrogen) atoms. The molecule has 1 nitrogen and oxygen atoms in total. The minimum Gasteiger partial charge on any atom is -0.319 e. The minimum atomic E-state index is -0.133. The standard InChI is InChI=1S/C14H20FN/c1-16-10-11-3-2-4-13(9-11)12-5-7-14(15)8-6-12/h5-8,11,13,16H,2-4,9-10H2,1H3/t11-,13?/m0/s1. The van der Waals surface area contributed by atoms with Crippen LogP contribution >= 0.6 is 0 Å². The molecule has 88 valence electrons. The number of rotatable bonds is 3. The maximum Gasteiger partial charge on any atom is 0.123 e. The lowest BCUT2D eigenvalue weighted by molar-refractivity contribution is 0.316. The van der Waals surface area contributed by atoms with Crippen molar-refractivity contribution in [2.24, 2.45) is 5.92 Å². The van der Waals surface area contributed by atoms with E-state index >= 15 is 0 Å². The molecule has 1 saturated carbocycles. The maximum absolute atomic E-state index is 12.8. The van der Waals surface area contributed by atoms with Gasteiger partial charge in [0.1, 0.15) is 5.82 Å². The Labute approximate surface area is 97.1 Å². The van der Waals surface area contributed by atoms with Gasteiger partial charge in [-0.3, -0.25) is 0 Å². The van der Waals surface area contributed by atoms with E-state index in [9.17, 15) is 4.39 Å². The van der Waals surface area contributed by atoms with Crippen LogP contribution in [0.15, 0.2) is 24.3 Å². The molecule has 0 bridgehead atoms. The molecular formula is C14H20FN. The first-order valence-corrected chi connectivity index (χ1v) is 6.19. The minimum absolute atomic E-state index is 0.133. The molecule has 2 atom stereocenters. The Bertz CT molecular complexity index is 318. The molecule has 0 heterocycles. The van der Waals surface area contributed by atoms with E-state index in [1.807, 2.05) is 19.2 Å². The lowest BCUT2D eigenvalue weighted by Crippen LogP contribution is -2.24. The van der Waals surface area contributed by atoms with Crippen molar-refractivity contribution in [1.82, 2.24) is 5.32 Å². The molecule has 1 unspecified atom stereocenters. The van der Waals surface area contributed by atoms with Crippen molar-refractivity contribution in [3.8, 4) is 0 Å². The molecule has 1 fully saturated rings. The SMILES string of the molecule is CNC[C@H]1CCCC(c2ccc(F)cc2)C1. The van der Waals surface area contributed by atoms with Gasteiger partial charge in [-0.2, -0.15) is 0 Å². The Kier molecular flexibility index (Phi) is 3.94. The first-order chi connectivity index (χ1) is 7.79. The van der Waals surface area contributed by atoms with Gasteiger partial charge in [-0.15, -0.1) is 0 Å². The van der Waals surface area contributed by atoms with E-state index in [0.29, 0.717) is 5.92 Å². The number of hydrogen-bond donors (Lipinski definition) is 1. The van der Waals surface area contributed by atoms with Crippen molar-refractivity contribution in [2.75, 3.05) is 13.6 Å². The van der Waals surface area contributed by atoms with Crippen molar-refractivity contribution in [3.05, 3.63) is 35.6 Å². The zero-order valence-electron chi connectivity index (χ0n) is 9.88. The van der Waals surface area contributed by atoms with Gasteiger partial charge in [-0.25, -0.2) is 4.39 Å². The molecule has 1 aromatic rings. The third-order valence-corrected chi connectivity index (χ3v) is 3.62. The van der Waals surface area contributed by atoms with Crippen LogP contribution in [0.3, 0.4) is 0 Å². The largest absolute Gasteiger partial charge is 0.319 e. The van der Waals surface area contributed by atoms with Crippen LogP contribution in [0.2, 0.25) is 0 Å². The molecule has 1 aromatic carbocycles. The van der Waals surface area contributed by atoms with Crippen molar-refractivity contribution in [1.29, 1.82) is 0 Å². The molecule has 0 aliphatic heterocycles. The molecule has 1 aliphatic rings. The molecule has 0 radical (unpaired) electrons. The quantitative estimate of drug-likeness (QED) is 0.825. The Morgan fingerprint density at radius 2 is 2.00 bits per heavy atom. The molecule has 0 saturated heterocycles. The highest BCUT2D eigenvalue weighted by Gasteiger charge is 2.22. The van der Waals surface area contributed by atoms with Gasteiger partial charge >= 0.3 is 0 Å². The summed E-state index contributed by atoms with van der Waals surface area (Å²) >= 11 is 0. The maximum atomic E-state index is 12.8. The third-order valence-electron chi connectivity index (χ3n) is 3.62. The van der Waals surface area contributed by atoms with E-state index in [1.54, 1.807) is 12.1 Å². The molecule has 1 N–H and O–H groups in total. The van der Waals surface area contributed by atoms with Crippen molar-refractivity contribution >= 4 is 0 Å². The van der Waals surface area contributed by atoms with Gasteiger partial charge in [0.2, 0.25) is 0 Å². The summed E-state index contributed by atoms with van der Waals surface area (Å²) in [6.07, 6.45) is 5.13. The molecule has 0 amide bonds.